The Kier molecular flexibility index (Phi) is 4.03. The highest BCUT2D eigenvalue weighted by Crippen LogP contribution is 2.21. The summed E-state index contributed by atoms with van der Waals surface area (Å²) in [6.45, 7) is 6.51. The molecule has 1 fully saturated rings. The van der Waals surface area contributed by atoms with Crippen molar-refractivity contribution < 1.29 is 4.39 Å². The summed E-state index contributed by atoms with van der Waals surface area (Å²) in [7, 11) is 2.16. The zero-order chi connectivity index (χ0) is 13.2. The van der Waals surface area contributed by atoms with Crippen molar-refractivity contribution in [3.8, 4) is 0 Å². The fourth-order valence-electron chi connectivity index (χ4n) is 2.62. The normalized spacial score (nSPS) is 22.6. The van der Waals surface area contributed by atoms with Crippen LogP contribution in [0.2, 0.25) is 0 Å². The number of nitrogens with zero attached hydrogens (tertiary/aromatic N) is 1. The summed E-state index contributed by atoms with van der Waals surface area (Å²) in [4.78, 5) is 2.38. The molecule has 2 rings (SSSR count). The maximum atomic E-state index is 13.1. The molecule has 0 bridgehead atoms. The van der Waals surface area contributed by atoms with Crippen molar-refractivity contribution in [3.63, 3.8) is 0 Å². The molecule has 0 saturated carbocycles. The maximum Gasteiger partial charge on any atom is 0.123 e. The predicted octanol–water partition coefficient (Wildman–Crippen LogP) is 2.44. The molecule has 1 saturated heterocycles. The maximum absolute atomic E-state index is 13.1. The Morgan fingerprint density at radius 2 is 2.22 bits per heavy atom. The topological polar surface area (TPSA) is 15.3 Å². The van der Waals surface area contributed by atoms with Crippen LogP contribution in [-0.2, 0) is 6.42 Å². The van der Waals surface area contributed by atoms with E-state index in [4.69, 9.17) is 0 Å². The van der Waals surface area contributed by atoms with Crippen molar-refractivity contribution in [1.82, 2.24) is 10.2 Å². The van der Waals surface area contributed by atoms with E-state index in [0.717, 1.165) is 25.1 Å². The number of benzene rings is 1. The molecule has 1 atom stereocenters. The number of likely N-dealkylation sites (N-methyl/N-ethyl adjacent to an activating group) is 1. The van der Waals surface area contributed by atoms with Crippen LogP contribution in [-0.4, -0.2) is 36.6 Å². The number of nitrogens with one attached hydrogen (secondary N) is 1. The van der Waals surface area contributed by atoms with Gasteiger partial charge in [-0.15, -0.1) is 0 Å². The highest BCUT2D eigenvalue weighted by atomic mass is 19.1. The molecule has 1 aliphatic rings. The third-order valence-electron chi connectivity index (χ3n) is 3.83. The zero-order valence-electron chi connectivity index (χ0n) is 11.5. The molecule has 1 aromatic rings. The number of hydrogen-bond acceptors (Lipinski definition) is 2. The highest BCUT2D eigenvalue weighted by Gasteiger charge is 2.32. The van der Waals surface area contributed by atoms with E-state index in [2.05, 4.69) is 31.1 Å². The zero-order valence-corrected chi connectivity index (χ0v) is 11.5. The molecule has 1 aliphatic heterocycles. The van der Waals surface area contributed by atoms with E-state index in [1.54, 1.807) is 12.1 Å². The highest BCUT2D eigenvalue weighted by molar-refractivity contribution is 5.16. The van der Waals surface area contributed by atoms with Gasteiger partial charge in [0.2, 0.25) is 0 Å². The van der Waals surface area contributed by atoms with E-state index in [-0.39, 0.29) is 11.4 Å². The first-order valence-corrected chi connectivity index (χ1v) is 6.66. The Hall–Kier alpha value is -0.930. The van der Waals surface area contributed by atoms with E-state index in [9.17, 15) is 4.39 Å². The van der Waals surface area contributed by atoms with E-state index >= 15 is 0 Å². The Bertz CT molecular complexity index is 403. The quantitative estimate of drug-likeness (QED) is 0.883. The fraction of sp³-hybridized carbons (Fsp3) is 0.600. The summed E-state index contributed by atoms with van der Waals surface area (Å²) in [6, 6.07) is 7.49. The van der Waals surface area contributed by atoms with Gasteiger partial charge < -0.3 is 10.2 Å². The smallest absolute Gasteiger partial charge is 0.123 e. The van der Waals surface area contributed by atoms with Gasteiger partial charge in [0.1, 0.15) is 5.82 Å². The van der Waals surface area contributed by atoms with Crippen molar-refractivity contribution in [2.24, 2.45) is 0 Å². The van der Waals surface area contributed by atoms with E-state index < -0.39 is 0 Å². The van der Waals surface area contributed by atoms with Crippen LogP contribution >= 0.6 is 0 Å². The van der Waals surface area contributed by atoms with E-state index in [0.29, 0.717) is 6.04 Å². The molecule has 0 radical (unpaired) electrons. The number of halogens is 1. The SMILES string of the molecule is CN(CCc1cccc(F)c1)C1CNC(C)(C)C1. The molecule has 0 aromatic heterocycles. The lowest BCUT2D eigenvalue weighted by atomic mass is 10.0. The van der Waals surface area contributed by atoms with Gasteiger partial charge in [-0.3, -0.25) is 0 Å². The number of rotatable bonds is 4. The van der Waals surface area contributed by atoms with Gasteiger partial charge in [0.15, 0.2) is 0 Å². The minimum Gasteiger partial charge on any atom is -0.310 e. The minimum absolute atomic E-state index is 0.140. The summed E-state index contributed by atoms with van der Waals surface area (Å²) in [5.74, 6) is -0.140. The van der Waals surface area contributed by atoms with Gasteiger partial charge in [-0.1, -0.05) is 12.1 Å². The first kappa shape index (κ1) is 13.5. The van der Waals surface area contributed by atoms with Crippen LogP contribution < -0.4 is 5.32 Å². The second kappa shape index (κ2) is 5.37. The van der Waals surface area contributed by atoms with Gasteiger partial charge in [-0.2, -0.15) is 0 Å². The van der Waals surface area contributed by atoms with Crippen molar-refractivity contribution >= 4 is 0 Å². The van der Waals surface area contributed by atoms with E-state index in [1.165, 1.54) is 12.5 Å². The lowest BCUT2D eigenvalue weighted by Crippen LogP contribution is -2.34. The van der Waals surface area contributed by atoms with Crippen molar-refractivity contribution in [1.29, 1.82) is 0 Å². The van der Waals surface area contributed by atoms with Crippen LogP contribution in [0.5, 0.6) is 0 Å². The molecular weight excluding hydrogens is 227 g/mol. The average Bonchev–Trinajstić information content (AvgIpc) is 2.67. The third kappa shape index (κ3) is 3.53. The molecular formula is C15H23FN2. The van der Waals surface area contributed by atoms with Gasteiger partial charge >= 0.3 is 0 Å². The molecule has 0 spiro atoms. The molecule has 100 valence electrons. The second-order valence-corrected chi connectivity index (χ2v) is 5.98. The molecule has 0 aliphatic carbocycles. The summed E-state index contributed by atoms with van der Waals surface area (Å²) in [5, 5.41) is 3.53. The largest absolute Gasteiger partial charge is 0.310 e. The third-order valence-corrected chi connectivity index (χ3v) is 3.83. The Morgan fingerprint density at radius 3 is 2.83 bits per heavy atom. The second-order valence-electron chi connectivity index (χ2n) is 5.98. The van der Waals surface area contributed by atoms with Crippen LogP contribution in [0, 0.1) is 5.82 Å². The van der Waals surface area contributed by atoms with Crippen LogP contribution in [0.15, 0.2) is 24.3 Å². The Balaban J connectivity index is 1.84. The molecule has 1 aromatic carbocycles. The summed E-state index contributed by atoms with van der Waals surface area (Å²) in [5.41, 5.74) is 1.32. The van der Waals surface area contributed by atoms with Gasteiger partial charge in [0.25, 0.3) is 0 Å². The van der Waals surface area contributed by atoms with Crippen molar-refractivity contribution in [3.05, 3.63) is 35.6 Å². The monoisotopic (exact) mass is 250 g/mol. The molecule has 1 unspecified atom stereocenters. The first-order valence-electron chi connectivity index (χ1n) is 6.66. The molecule has 1 N–H and O–H groups in total. The van der Waals surface area contributed by atoms with Crippen molar-refractivity contribution in [2.75, 3.05) is 20.1 Å². The van der Waals surface area contributed by atoms with Gasteiger partial charge in [0.05, 0.1) is 0 Å². The Labute approximate surface area is 109 Å². The van der Waals surface area contributed by atoms with Crippen LogP contribution in [0.4, 0.5) is 4.39 Å². The van der Waals surface area contributed by atoms with Crippen LogP contribution in [0.1, 0.15) is 25.8 Å². The standard InChI is InChI=1S/C15H23FN2/c1-15(2)10-14(11-17-15)18(3)8-7-12-5-4-6-13(16)9-12/h4-6,9,14,17H,7-8,10-11H2,1-3H3. The van der Waals surface area contributed by atoms with Crippen LogP contribution in [0.25, 0.3) is 0 Å². The predicted molar refractivity (Wildman–Crippen MR) is 73.2 cm³/mol. The first-order chi connectivity index (χ1) is 8.46. The van der Waals surface area contributed by atoms with E-state index in [1.807, 2.05) is 6.07 Å². The molecule has 18 heavy (non-hydrogen) atoms. The van der Waals surface area contributed by atoms with Crippen LogP contribution in [0.3, 0.4) is 0 Å². The Morgan fingerprint density at radius 1 is 1.44 bits per heavy atom. The summed E-state index contributed by atoms with van der Waals surface area (Å²) in [6.07, 6.45) is 2.08. The molecule has 3 heteroatoms. The van der Waals surface area contributed by atoms with Crippen molar-refractivity contribution in [2.45, 2.75) is 38.3 Å². The molecule has 2 nitrogen and oxygen atoms in total. The lowest BCUT2D eigenvalue weighted by molar-refractivity contribution is 0.251. The molecule has 0 amide bonds. The number of hydrogen-bond donors (Lipinski definition) is 1. The van der Waals surface area contributed by atoms with Gasteiger partial charge in [0, 0.05) is 24.7 Å². The van der Waals surface area contributed by atoms with Gasteiger partial charge in [-0.05, 0) is 51.4 Å². The molecule has 1 heterocycles. The lowest BCUT2D eigenvalue weighted by Gasteiger charge is -2.25. The average molecular weight is 250 g/mol. The summed E-state index contributed by atoms with van der Waals surface area (Å²) < 4.78 is 13.1. The fourth-order valence-corrected chi connectivity index (χ4v) is 2.62. The minimum atomic E-state index is -0.140. The van der Waals surface area contributed by atoms with Gasteiger partial charge in [-0.25, -0.2) is 4.39 Å². The summed E-state index contributed by atoms with van der Waals surface area (Å²) >= 11 is 0.